The fraction of sp³-hybridized carbons (Fsp3) is 0.895. The van der Waals surface area contributed by atoms with Crippen molar-refractivity contribution in [1.29, 1.82) is 0 Å². The van der Waals surface area contributed by atoms with E-state index in [1.54, 1.807) is 0 Å². The Balaban J connectivity index is 0.00000196. The second kappa shape index (κ2) is 8.34. The van der Waals surface area contributed by atoms with Crippen molar-refractivity contribution < 1.29 is 9.59 Å². The molecule has 6 nitrogen and oxygen atoms in total. The number of hydrogen-bond donors (Lipinski definition) is 1. The van der Waals surface area contributed by atoms with E-state index in [0.717, 1.165) is 64.7 Å². The summed E-state index contributed by atoms with van der Waals surface area (Å²) in [4.78, 5) is 31.4. The van der Waals surface area contributed by atoms with Gasteiger partial charge in [0, 0.05) is 57.3 Å². The van der Waals surface area contributed by atoms with E-state index in [0.29, 0.717) is 24.0 Å². The van der Waals surface area contributed by atoms with Crippen molar-refractivity contribution in [2.45, 2.75) is 69.5 Å². The fourth-order valence-electron chi connectivity index (χ4n) is 5.24. The molecule has 4 aliphatic heterocycles. The molecule has 4 heterocycles. The highest BCUT2D eigenvalue weighted by molar-refractivity contribution is 5.85. The number of hydrogen-bond acceptors (Lipinski definition) is 3. The number of nitrogens with zero attached hydrogens (tertiary/aromatic N) is 3. The van der Waals surface area contributed by atoms with Gasteiger partial charge in [0.1, 0.15) is 0 Å². The molecule has 0 aromatic carbocycles. The van der Waals surface area contributed by atoms with Crippen LogP contribution >= 0.6 is 12.4 Å². The van der Waals surface area contributed by atoms with E-state index in [4.69, 9.17) is 0 Å². The zero-order valence-corrected chi connectivity index (χ0v) is 16.7. The molecule has 3 amide bonds. The molecule has 2 bridgehead atoms. The highest BCUT2D eigenvalue weighted by Gasteiger charge is 2.38. The molecule has 1 N–H and O–H groups in total. The first kappa shape index (κ1) is 19.7. The lowest BCUT2D eigenvalue weighted by Gasteiger charge is -2.39. The van der Waals surface area contributed by atoms with Crippen molar-refractivity contribution in [2.24, 2.45) is 5.92 Å². The lowest BCUT2D eigenvalue weighted by molar-refractivity contribution is -0.138. The predicted octanol–water partition coefficient (Wildman–Crippen LogP) is 2.08. The molecule has 4 fully saturated rings. The summed E-state index contributed by atoms with van der Waals surface area (Å²) in [5.41, 5.74) is 0. The molecule has 0 radical (unpaired) electrons. The van der Waals surface area contributed by atoms with Crippen LogP contribution in [0.2, 0.25) is 0 Å². The standard InChI is InChI=1S/C19H32N4O2.ClH/c1-21(17-12-15-4-5-16(13-17)20-15)18(24)14-6-10-23(11-7-14)19(25)22-8-2-3-9-22;/h14-17,20H,2-13H2,1H3;1H. The Hall–Kier alpha value is -1.01. The number of urea groups is 1. The highest BCUT2D eigenvalue weighted by Crippen LogP contribution is 2.31. The van der Waals surface area contributed by atoms with Crippen LogP contribution in [0.15, 0.2) is 0 Å². The van der Waals surface area contributed by atoms with Crippen LogP contribution in [0.25, 0.3) is 0 Å². The quantitative estimate of drug-likeness (QED) is 0.793. The van der Waals surface area contributed by atoms with Crippen LogP contribution in [-0.2, 0) is 4.79 Å². The lowest BCUT2D eigenvalue weighted by atomic mass is 9.92. The summed E-state index contributed by atoms with van der Waals surface area (Å²) in [5, 5.41) is 3.65. The van der Waals surface area contributed by atoms with Gasteiger partial charge in [0.25, 0.3) is 0 Å². The second-order valence-corrected chi connectivity index (χ2v) is 8.45. The van der Waals surface area contributed by atoms with Gasteiger partial charge >= 0.3 is 6.03 Å². The normalized spacial score (nSPS) is 31.7. The summed E-state index contributed by atoms with van der Waals surface area (Å²) in [6.07, 6.45) is 8.63. The van der Waals surface area contributed by atoms with E-state index in [-0.39, 0.29) is 24.4 Å². The van der Waals surface area contributed by atoms with Gasteiger partial charge in [0.15, 0.2) is 0 Å². The number of carbonyl (C=O) groups is 2. The first-order valence-corrected chi connectivity index (χ1v) is 10.2. The predicted molar refractivity (Wildman–Crippen MR) is 103 cm³/mol. The molecule has 4 rings (SSSR count). The van der Waals surface area contributed by atoms with Gasteiger partial charge in [-0.1, -0.05) is 0 Å². The minimum Gasteiger partial charge on any atom is -0.342 e. The zero-order chi connectivity index (χ0) is 17.4. The minimum atomic E-state index is 0. The molecule has 0 aromatic heterocycles. The van der Waals surface area contributed by atoms with Crippen LogP contribution in [0.5, 0.6) is 0 Å². The van der Waals surface area contributed by atoms with Gasteiger partial charge in [-0.05, 0) is 51.4 Å². The average molecular weight is 385 g/mol. The average Bonchev–Trinajstić information content (AvgIpc) is 3.29. The Morgan fingerprint density at radius 1 is 0.885 bits per heavy atom. The number of amides is 3. The molecule has 2 atom stereocenters. The van der Waals surface area contributed by atoms with Crippen molar-refractivity contribution in [3.63, 3.8) is 0 Å². The number of fused-ring (bicyclic) bond motifs is 2. The molecule has 4 saturated heterocycles. The maximum Gasteiger partial charge on any atom is 0.319 e. The minimum absolute atomic E-state index is 0. The maximum absolute atomic E-state index is 13.0. The van der Waals surface area contributed by atoms with E-state index in [1.165, 1.54) is 12.8 Å². The first-order chi connectivity index (χ1) is 12.1. The van der Waals surface area contributed by atoms with Crippen LogP contribution in [0.1, 0.15) is 51.4 Å². The van der Waals surface area contributed by atoms with E-state index >= 15 is 0 Å². The van der Waals surface area contributed by atoms with Crippen molar-refractivity contribution in [3.05, 3.63) is 0 Å². The van der Waals surface area contributed by atoms with Crippen LogP contribution in [0.3, 0.4) is 0 Å². The molecular weight excluding hydrogens is 352 g/mol. The Morgan fingerprint density at radius 2 is 1.42 bits per heavy atom. The van der Waals surface area contributed by atoms with Gasteiger partial charge in [-0.15, -0.1) is 12.4 Å². The summed E-state index contributed by atoms with van der Waals surface area (Å²) in [5.74, 6) is 0.403. The Bertz CT molecular complexity index is 506. The zero-order valence-electron chi connectivity index (χ0n) is 15.9. The van der Waals surface area contributed by atoms with Crippen LogP contribution in [-0.4, -0.2) is 78.0 Å². The van der Waals surface area contributed by atoms with Gasteiger partial charge < -0.3 is 20.0 Å². The molecular formula is C19H33ClN4O2. The lowest BCUT2D eigenvalue weighted by Crippen LogP contribution is -2.52. The number of carbonyl (C=O) groups excluding carboxylic acids is 2. The smallest absolute Gasteiger partial charge is 0.319 e. The van der Waals surface area contributed by atoms with E-state index < -0.39 is 0 Å². The second-order valence-electron chi connectivity index (χ2n) is 8.45. The summed E-state index contributed by atoms with van der Waals surface area (Å²) < 4.78 is 0. The Kier molecular flexibility index (Phi) is 6.33. The number of halogens is 1. The summed E-state index contributed by atoms with van der Waals surface area (Å²) in [6, 6.07) is 1.81. The summed E-state index contributed by atoms with van der Waals surface area (Å²) >= 11 is 0. The molecule has 0 aliphatic carbocycles. The topological polar surface area (TPSA) is 55.9 Å². The van der Waals surface area contributed by atoms with E-state index in [2.05, 4.69) is 5.32 Å². The van der Waals surface area contributed by atoms with Gasteiger partial charge in [-0.2, -0.15) is 0 Å². The molecule has 148 valence electrons. The number of piperidine rings is 2. The van der Waals surface area contributed by atoms with E-state index in [9.17, 15) is 9.59 Å². The van der Waals surface area contributed by atoms with Crippen LogP contribution in [0, 0.1) is 5.92 Å². The number of likely N-dealkylation sites (tertiary alicyclic amines) is 2. The Morgan fingerprint density at radius 3 is 2.00 bits per heavy atom. The van der Waals surface area contributed by atoms with Gasteiger partial charge in [-0.3, -0.25) is 4.79 Å². The van der Waals surface area contributed by atoms with Crippen molar-refractivity contribution in [2.75, 3.05) is 33.2 Å². The third-order valence-corrected chi connectivity index (χ3v) is 6.83. The van der Waals surface area contributed by atoms with Crippen LogP contribution in [0.4, 0.5) is 4.79 Å². The van der Waals surface area contributed by atoms with Crippen molar-refractivity contribution in [1.82, 2.24) is 20.0 Å². The van der Waals surface area contributed by atoms with Gasteiger partial charge in [0.05, 0.1) is 0 Å². The third-order valence-electron chi connectivity index (χ3n) is 6.83. The molecule has 2 unspecified atom stereocenters. The van der Waals surface area contributed by atoms with Gasteiger partial charge in [0.2, 0.25) is 5.91 Å². The third kappa shape index (κ3) is 3.96. The molecule has 0 aromatic rings. The number of nitrogens with one attached hydrogen (secondary N) is 1. The van der Waals surface area contributed by atoms with Crippen molar-refractivity contribution >= 4 is 24.3 Å². The van der Waals surface area contributed by atoms with Gasteiger partial charge in [-0.25, -0.2) is 4.79 Å². The summed E-state index contributed by atoms with van der Waals surface area (Å²) in [7, 11) is 2.00. The SMILES string of the molecule is CN(C(=O)C1CCN(C(=O)N2CCCC2)CC1)C1CC2CCC(C1)N2.Cl. The first-order valence-electron chi connectivity index (χ1n) is 10.2. The van der Waals surface area contributed by atoms with E-state index in [1.807, 2.05) is 21.7 Å². The molecule has 4 aliphatic rings. The molecule has 7 heteroatoms. The van der Waals surface area contributed by atoms with Crippen molar-refractivity contribution in [3.8, 4) is 0 Å². The summed E-state index contributed by atoms with van der Waals surface area (Å²) in [6.45, 7) is 3.27. The molecule has 26 heavy (non-hydrogen) atoms. The molecule has 0 saturated carbocycles. The highest BCUT2D eigenvalue weighted by atomic mass is 35.5. The monoisotopic (exact) mass is 384 g/mol. The molecule has 0 spiro atoms. The van der Waals surface area contributed by atoms with Crippen LogP contribution < -0.4 is 5.32 Å². The fourth-order valence-corrected chi connectivity index (χ4v) is 5.24. The maximum atomic E-state index is 13.0. The largest absolute Gasteiger partial charge is 0.342 e. The Labute approximate surface area is 163 Å². The number of rotatable bonds is 2.